The van der Waals surface area contributed by atoms with Gasteiger partial charge in [-0.05, 0) is 30.5 Å². The van der Waals surface area contributed by atoms with Crippen molar-refractivity contribution in [2.45, 2.75) is 19.4 Å². The summed E-state index contributed by atoms with van der Waals surface area (Å²) in [4.78, 5) is 13.7. The van der Waals surface area contributed by atoms with Crippen molar-refractivity contribution in [2.24, 2.45) is 0 Å². The molecular weight excluding hydrogens is 254 g/mol. The lowest BCUT2D eigenvalue weighted by Gasteiger charge is -2.15. The Balaban J connectivity index is 1.71. The number of benzene rings is 1. The predicted molar refractivity (Wildman–Crippen MR) is 75.1 cm³/mol. The maximum Gasteiger partial charge on any atom is 0.236 e. The van der Waals surface area contributed by atoms with E-state index in [1.807, 2.05) is 35.2 Å². The van der Waals surface area contributed by atoms with Crippen LogP contribution in [0.5, 0.6) is 5.75 Å². The van der Waals surface area contributed by atoms with Crippen molar-refractivity contribution >= 4 is 5.91 Å². The zero-order chi connectivity index (χ0) is 14.2. The lowest BCUT2D eigenvalue weighted by atomic mass is 10.2. The molecule has 1 aromatic carbocycles. The summed E-state index contributed by atoms with van der Waals surface area (Å²) in [5.41, 5.74) is 1.09. The number of nitrogens with zero attached hydrogens (tertiary/aromatic N) is 2. The molecule has 0 radical (unpaired) electrons. The van der Waals surface area contributed by atoms with Crippen molar-refractivity contribution in [3.8, 4) is 11.8 Å². The molecule has 1 saturated heterocycles. The topological polar surface area (TPSA) is 65.4 Å². The van der Waals surface area contributed by atoms with Crippen LogP contribution in [0, 0.1) is 11.3 Å². The van der Waals surface area contributed by atoms with E-state index in [9.17, 15) is 4.79 Å². The molecule has 0 aromatic heterocycles. The Kier molecular flexibility index (Phi) is 5.39. The third-order valence-corrected chi connectivity index (χ3v) is 3.29. The van der Waals surface area contributed by atoms with Gasteiger partial charge in [0, 0.05) is 19.6 Å². The Hall–Kier alpha value is -2.06. The van der Waals surface area contributed by atoms with E-state index in [0.717, 1.165) is 31.5 Å². The van der Waals surface area contributed by atoms with Gasteiger partial charge in [0.05, 0.1) is 6.54 Å². The molecule has 1 aromatic rings. The van der Waals surface area contributed by atoms with Gasteiger partial charge in [0.25, 0.3) is 0 Å². The third-order valence-electron chi connectivity index (χ3n) is 3.29. The molecule has 0 unspecified atom stereocenters. The van der Waals surface area contributed by atoms with E-state index in [1.54, 1.807) is 0 Å². The van der Waals surface area contributed by atoms with Crippen LogP contribution in [0.25, 0.3) is 0 Å². The van der Waals surface area contributed by atoms with E-state index in [4.69, 9.17) is 10.00 Å². The quantitative estimate of drug-likeness (QED) is 0.848. The number of carbonyl (C=O) groups is 1. The van der Waals surface area contributed by atoms with Gasteiger partial charge < -0.3 is 15.0 Å². The maximum absolute atomic E-state index is 11.8. The zero-order valence-corrected chi connectivity index (χ0v) is 11.5. The minimum atomic E-state index is 0.0575. The second-order valence-electron chi connectivity index (χ2n) is 4.78. The number of nitriles is 1. The third kappa shape index (κ3) is 4.25. The Morgan fingerprint density at radius 2 is 2.00 bits per heavy atom. The monoisotopic (exact) mass is 273 g/mol. The molecule has 106 valence electrons. The number of hydrogen-bond acceptors (Lipinski definition) is 4. The van der Waals surface area contributed by atoms with Crippen molar-refractivity contribution in [2.75, 3.05) is 26.2 Å². The Labute approximate surface area is 119 Å². The van der Waals surface area contributed by atoms with Gasteiger partial charge in [-0.3, -0.25) is 4.79 Å². The van der Waals surface area contributed by atoms with Crippen LogP contribution >= 0.6 is 0 Å². The van der Waals surface area contributed by atoms with Gasteiger partial charge in [0.2, 0.25) is 5.91 Å². The zero-order valence-electron chi connectivity index (χ0n) is 11.5. The van der Waals surface area contributed by atoms with Crippen LogP contribution in [0.3, 0.4) is 0 Å². The van der Waals surface area contributed by atoms with Gasteiger partial charge in [0.15, 0.2) is 6.61 Å². The van der Waals surface area contributed by atoms with Gasteiger partial charge in [0.1, 0.15) is 11.8 Å². The number of ether oxygens (including phenoxy) is 1. The molecule has 1 N–H and O–H groups in total. The van der Waals surface area contributed by atoms with Gasteiger partial charge in [-0.15, -0.1) is 0 Å². The van der Waals surface area contributed by atoms with Crippen LogP contribution in [-0.4, -0.2) is 37.0 Å². The highest BCUT2D eigenvalue weighted by molar-refractivity contribution is 5.78. The fraction of sp³-hybridized carbons (Fsp3) is 0.467. The van der Waals surface area contributed by atoms with Crippen LogP contribution in [0.2, 0.25) is 0 Å². The summed E-state index contributed by atoms with van der Waals surface area (Å²) in [6, 6.07) is 9.45. The molecule has 2 rings (SSSR count). The minimum absolute atomic E-state index is 0.0575. The highest BCUT2D eigenvalue weighted by atomic mass is 16.5. The Morgan fingerprint density at radius 3 is 2.65 bits per heavy atom. The second-order valence-corrected chi connectivity index (χ2v) is 4.78. The molecule has 0 saturated carbocycles. The average molecular weight is 273 g/mol. The fourth-order valence-electron chi connectivity index (χ4n) is 2.21. The van der Waals surface area contributed by atoms with E-state index in [0.29, 0.717) is 18.8 Å². The molecule has 0 atom stereocenters. The summed E-state index contributed by atoms with van der Waals surface area (Å²) < 4.78 is 5.18. The SMILES string of the molecule is N#CCOc1ccc(CNCC(=O)N2CCCC2)cc1. The molecule has 20 heavy (non-hydrogen) atoms. The molecule has 1 aliphatic heterocycles. The summed E-state index contributed by atoms with van der Waals surface area (Å²) in [6.45, 7) is 2.88. The highest BCUT2D eigenvalue weighted by Crippen LogP contribution is 2.12. The fourth-order valence-corrected chi connectivity index (χ4v) is 2.21. The largest absolute Gasteiger partial charge is 0.479 e. The van der Waals surface area contributed by atoms with Gasteiger partial charge in [-0.1, -0.05) is 12.1 Å². The number of rotatable bonds is 6. The first-order valence-electron chi connectivity index (χ1n) is 6.87. The first-order valence-corrected chi connectivity index (χ1v) is 6.87. The van der Waals surface area contributed by atoms with Crippen LogP contribution in [0.15, 0.2) is 24.3 Å². The standard InChI is InChI=1S/C15H19N3O2/c16-7-10-20-14-5-3-13(4-6-14)11-17-12-15(19)18-8-1-2-9-18/h3-6,17H,1-2,8-12H2. The van der Waals surface area contributed by atoms with Crippen molar-refractivity contribution < 1.29 is 9.53 Å². The van der Waals surface area contributed by atoms with Crippen LogP contribution in [0.1, 0.15) is 18.4 Å². The summed E-state index contributed by atoms with van der Waals surface area (Å²) in [7, 11) is 0. The maximum atomic E-state index is 11.8. The second kappa shape index (κ2) is 7.51. The van der Waals surface area contributed by atoms with Gasteiger partial charge >= 0.3 is 0 Å². The molecule has 0 bridgehead atoms. The smallest absolute Gasteiger partial charge is 0.236 e. The summed E-state index contributed by atoms with van der Waals surface area (Å²) >= 11 is 0. The molecule has 5 nitrogen and oxygen atoms in total. The van der Waals surface area contributed by atoms with E-state index < -0.39 is 0 Å². The number of nitrogens with one attached hydrogen (secondary N) is 1. The number of amides is 1. The van der Waals surface area contributed by atoms with Crippen LogP contribution < -0.4 is 10.1 Å². The first kappa shape index (κ1) is 14.4. The molecule has 5 heteroatoms. The van der Waals surface area contributed by atoms with Crippen molar-refractivity contribution in [3.05, 3.63) is 29.8 Å². The lowest BCUT2D eigenvalue weighted by molar-refractivity contribution is -0.129. The van der Waals surface area contributed by atoms with Crippen molar-refractivity contribution in [1.29, 1.82) is 5.26 Å². The van der Waals surface area contributed by atoms with Crippen LogP contribution in [0.4, 0.5) is 0 Å². The molecule has 0 spiro atoms. The van der Waals surface area contributed by atoms with E-state index in [-0.39, 0.29) is 12.5 Å². The van der Waals surface area contributed by atoms with Gasteiger partial charge in [-0.25, -0.2) is 0 Å². The highest BCUT2D eigenvalue weighted by Gasteiger charge is 2.16. The number of likely N-dealkylation sites (tertiary alicyclic amines) is 1. The lowest BCUT2D eigenvalue weighted by Crippen LogP contribution is -2.35. The normalized spacial score (nSPS) is 14.1. The molecule has 0 aliphatic carbocycles. The Morgan fingerprint density at radius 1 is 1.30 bits per heavy atom. The predicted octanol–water partition coefficient (Wildman–Crippen LogP) is 1.30. The Bertz CT molecular complexity index is 473. The molecular formula is C15H19N3O2. The van der Waals surface area contributed by atoms with Gasteiger partial charge in [-0.2, -0.15) is 5.26 Å². The first-order chi connectivity index (χ1) is 9.79. The van der Waals surface area contributed by atoms with E-state index in [2.05, 4.69) is 5.32 Å². The summed E-state index contributed by atoms with van der Waals surface area (Å²) in [5.74, 6) is 0.861. The van der Waals surface area contributed by atoms with E-state index in [1.165, 1.54) is 0 Å². The summed E-state index contributed by atoms with van der Waals surface area (Å²) in [5, 5.41) is 11.6. The number of carbonyl (C=O) groups excluding carboxylic acids is 1. The van der Waals surface area contributed by atoms with Crippen molar-refractivity contribution in [1.82, 2.24) is 10.2 Å². The average Bonchev–Trinajstić information content (AvgIpc) is 3.00. The molecule has 1 aliphatic rings. The van der Waals surface area contributed by atoms with Crippen LogP contribution in [-0.2, 0) is 11.3 Å². The molecule has 1 amide bonds. The molecule has 1 fully saturated rings. The minimum Gasteiger partial charge on any atom is -0.479 e. The molecule has 1 heterocycles. The van der Waals surface area contributed by atoms with E-state index >= 15 is 0 Å². The summed E-state index contributed by atoms with van der Waals surface area (Å²) in [6.07, 6.45) is 2.24. The van der Waals surface area contributed by atoms with Crippen molar-refractivity contribution in [3.63, 3.8) is 0 Å². The number of hydrogen-bond donors (Lipinski definition) is 1.